The lowest BCUT2D eigenvalue weighted by Gasteiger charge is -2.20. The molecule has 0 aliphatic heterocycles. The summed E-state index contributed by atoms with van der Waals surface area (Å²) >= 11 is 3.42. The molecule has 106 valence electrons. The van der Waals surface area contributed by atoms with Crippen LogP contribution in [0.4, 0.5) is 0 Å². The van der Waals surface area contributed by atoms with Gasteiger partial charge in [0.15, 0.2) is 0 Å². The van der Waals surface area contributed by atoms with Gasteiger partial charge in [0.2, 0.25) is 0 Å². The second-order valence-corrected chi connectivity index (χ2v) is 6.95. The highest BCUT2D eigenvalue weighted by Crippen LogP contribution is 2.28. The van der Waals surface area contributed by atoms with Crippen molar-refractivity contribution < 1.29 is 4.74 Å². The Hall–Kier alpha value is -1.35. The number of aryl methyl sites for hydroxylation is 1. The summed E-state index contributed by atoms with van der Waals surface area (Å²) in [5.41, 5.74) is 3.71. The molecule has 0 unspecified atom stereocenters. The fourth-order valence-corrected chi connectivity index (χ4v) is 2.39. The van der Waals surface area contributed by atoms with Gasteiger partial charge in [-0.2, -0.15) is 0 Å². The minimum Gasteiger partial charge on any atom is -0.489 e. The maximum Gasteiger partial charge on any atom is 0.122 e. The molecule has 0 saturated heterocycles. The molecule has 2 rings (SSSR count). The van der Waals surface area contributed by atoms with E-state index in [9.17, 15) is 0 Å². The largest absolute Gasteiger partial charge is 0.489 e. The van der Waals surface area contributed by atoms with Crippen LogP contribution in [-0.2, 0) is 12.0 Å². The van der Waals surface area contributed by atoms with E-state index < -0.39 is 0 Å². The van der Waals surface area contributed by atoms with Crippen molar-refractivity contribution in [2.75, 3.05) is 0 Å². The van der Waals surface area contributed by atoms with Crippen LogP contribution in [0.2, 0.25) is 0 Å². The number of pyridine rings is 1. The maximum atomic E-state index is 5.88. The van der Waals surface area contributed by atoms with Crippen LogP contribution in [0.3, 0.4) is 0 Å². The van der Waals surface area contributed by atoms with E-state index in [1.165, 1.54) is 11.1 Å². The zero-order valence-electron chi connectivity index (χ0n) is 12.4. The van der Waals surface area contributed by atoms with Crippen molar-refractivity contribution in [1.82, 2.24) is 4.98 Å². The first-order chi connectivity index (χ1) is 9.36. The van der Waals surface area contributed by atoms with Gasteiger partial charge >= 0.3 is 0 Å². The molecular weight excluding hydrogens is 314 g/mol. The van der Waals surface area contributed by atoms with Crippen LogP contribution in [-0.4, -0.2) is 4.98 Å². The molecule has 0 N–H and O–H groups in total. The molecule has 1 aromatic heterocycles. The SMILES string of the molecule is Cc1cc(C(C)(C)C)ccc1OCc1cncc(Br)c1. The summed E-state index contributed by atoms with van der Waals surface area (Å²) in [6.45, 7) is 9.27. The zero-order chi connectivity index (χ0) is 14.8. The maximum absolute atomic E-state index is 5.88. The Balaban J connectivity index is 2.11. The van der Waals surface area contributed by atoms with Gasteiger partial charge in [-0.25, -0.2) is 0 Å². The number of hydrogen-bond donors (Lipinski definition) is 0. The molecule has 0 aliphatic rings. The van der Waals surface area contributed by atoms with E-state index in [1.54, 1.807) is 6.20 Å². The summed E-state index contributed by atoms with van der Waals surface area (Å²) < 4.78 is 6.86. The quantitative estimate of drug-likeness (QED) is 0.785. The minimum absolute atomic E-state index is 0.164. The fourth-order valence-electron chi connectivity index (χ4n) is 1.97. The van der Waals surface area contributed by atoms with Crippen molar-refractivity contribution in [3.8, 4) is 5.75 Å². The van der Waals surface area contributed by atoms with Crippen molar-refractivity contribution in [1.29, 1.82) is 0 Å². The standard InChI is InChI=1S/C17H20BrNO/c1-12-7-14(17(2,3)4)5-6-16(12)20-11-13-8-15(18)10-19-9-13/h5-10H,11H2,1-4H3. The van der Waals surface area contributed by atoms with Gasteiger partial charge in [-0.3, -0.25) is 4.98 Å². The van der Waals surface area contributed by atoms with Gasteiger partial charge in [-0.15, -0.1) is 0 Å². The molecule has 1 aromatic carbocycles. The van der Waals surface area contributed by atoms with Crippen LogP contribution in [0.25, 0.3) is 0 Å². The average molecular weight is 334 g/mol. The highest BCUT2D eigenvalue weighted by atomic mass is 79.9. The third-order valence-corrected chi connectivity index (χ3v) is 3.63. The molecule has 0 spiro atoms. The van der Waals surface area contributed by atoms with E-state index in [0.29, 0.717) is 6.61 Å². The molecule has 20 heavy (non-hydrogen) atoms. The summed E-state index contributed by atoms with van der Waals surface area (Å²) in [7, 11) is 0. The summed E-state index contributed by atoms with van der Waals surface area (Å²) in [4.78, 5) is 4.14. The van der Waals surface area contributed by atoms with Crippen molar-refractivity contribution in [2.24, 2.45) is 0 Å². The minimum atomic E-state index is 0.164. The van der Waals surface area contributed by atoms with Gasteiger partial charge in [0.05, 0.1) is 0 Å². The van der Waals surface area contributed by atoms with Crippen LogP contribution < -0.4 is 4.74 Å². The van der Waals surface area contributed by atoms with E-state index in [4.69, 9.17) is 4.74 Å². The lowest BCUT2D eigenvalue weighted by atomic mass is 9.86. The molecule has 3 heteroatoms. The van der Waals surface area contributed by atoms with Gasteiger partial charge in [-0.1, -0.05) is 32.9 Å². The number of nitrogens with zero attached hydrogens (tertiary/aromatic N) is 1. The van der Waals surface area contributed by atoms with E-state index in [1.807, 2.05) is 12.3 Å². The number of rotatable bonds is 3. The van der Waals surface area contributed by atoms with Crippen LogP contribution in [0.15, 0.2) is 41.1 Å². The van der Waals surface area contributed by atoms with Crippen molar-refractivity contribution in [3.63, 3.8) is 0 Å². The smallest absolute Gasteiger partial charge is 0.122 e. The Bertz CT molecular complexity index is 602. The molecular formula is C17H20BrNO. The summed E-state index contributed by atoms with van der Waals surface area (Å²) in [6.07, 6.45) is 3.59. The van der Waals surface area contributed by atoms with Gasteiger partial charge in [-0.05, 0) is 51.5 Å². The molecule has 0 radical (unpaired) electrons. The molecule has 1 heterocycles. The second-order valence-electron chi connectivity index (χ2n) is 6.03. The Morgan fingerprint density at radius 2 is 1.90 bits per heavy atom. The van der Waals surface area contributed by atoms with Crippen molar-refractivity contribution in [3.05, 3.63) is 57.8 Å². The van der Waals surface area contributed by atoms with Gasteiger partial charge < -0.3 is 4.74 Å². The van der Waals surface area contributed by atoms with Crippen molar-refractivity contribution in [2.45, 2.75) is 39.7 Å². The number of ether oxygens (including phenoxy) is 1. The molecule has 0 fully saturated rings. The third kappa shape index (κ3) is 3.83. The first-order valence-electron chi connectivity index (χ1n) is 6.69. The van der Waals surface area contributed by atoms with Crippen LogP contribution in [0.1, 0.15) is 37.5 Å². The first kappa shape index (κ1) is 15.0. The number of benzene rings is 1. The normalized spacial score (nSPS) is 11.4. The summed E-state index contributed by atoms with van der Waals surface area (Å²) in [5, 5.41) is 0. The molecule has 0 amide bonds. The summed E-state index contributed by atoms with van der Waals surface area (Å²) in [6, 6.07) is 8.42. The van der Waals surface area contributed by atoms with Gasteiger partial charge in [0.25, 0.3) is 0 Å². The molecule has 0 aliphatic carbocycles. The first-order valence-corrected chi connectivity index (χ1v) is 7.49. The lowest BCUT2D eigenvalue weighted by molar-refractivity contribution is 0.303. The Labute approximate surface area is 129 Å². The zero-order valence-corrected chi connectivity index (χ0v) is 14.0. The van der Waals surface area contributed by atoms with Crippen molar-refractivity contribution >= 4 is 15.9 Å². The predicted octanol–water partition coefficient (Wildman–Crippen LogP) is 5.03. The average Bonchev–Trinajstić information content (AvgIpc) is 2.36. The van der Waals surface area contributed by atoms with Gasteiger partial charge in [0, 0.05) is 22.4 Å². The van der Waals surface area contributed by atoms with Crippen LogP contribution >= 0.6 is 15.9 Å². The number of halogens is 1. The third-order valence-electron chi connectivity index (χ3n) is 3.20. The summed E-state index contributed by atoms with van der Waals surface area (Å²) in [5.74, 6) is 0.929. The predicted molar refractivity (Wildman–Crippen MR) is 86.1 cm³/mol. The monoisotopic (exact) mass is 333 g/mol. The Morgan fingerprint density at radius 3 is 2.50 bits per heavy atom. The van der Waals surface area contributed by atoms with Crippen LogP contribution in [0, 0.1) is 6.92 Å². The highest BCUT2D eigenvalue weighted by Gasteiger charge is 2.14. The Morgan fingerprint density at radius 1 is 1.15 bits per heavy atom. The van der Waals surface area contributed by atoms with E-state index in [0.717, 1.165) is 15.8 Å². The molecule has 2 aromatic rings. The lowest BCUT2D eigenvalue weighted by Crippen LogP contribution is -2.11. The molecule has 0 saturated carbocycles. The highest BCUT2D eigenvalue weighted by molar-refractivity contribution is 9.10. The van der Waals surface area contributed by atoms with E-state index >= 15 is 0 Å². The number of aromatic nitrogens is 1. The topological polar surface area (TPSA) is 22.1 Å². The van der Waals surface area contributed by atoms with Crippen LogP contribution in [0.5, 0.6) is 5.75 Å². The van der Waals surface area contributed by atoms with E-state index in [2.05, 4.69) is 66.8 Å². The second kappa shape index (κ2) is 5.96. The molecule has 0 bridgehead atoms. The fraction of sp³-hybridized carbons (Fsp3) is 0.353. The van der Waals surface area contributed by atoms with E-state index in [-0.39, 0.29) is 5.41 Å². The number of hydrogen-bond acceptors (Lipinski definition) is 2. The van der Waals surface area contributed by atoms with Gasteiger partial charge in [0.1, 0.15) is 12.4 Å². The molecule has 0 atom stereocenters. The molecule has 2 nitrogen and oxygen atoms in total. The Kier molecular flexibility index (Phi) is 4.48.